The molecule has 7 nitrogen and oxygen atoms in total. The summed E-state index contributed by atoms with van der Waals surface area (Å²) < 4.78 is 0. The lowest BCUT2D eigenvalue weighted by molar-refractivity contribution is -0.385. The minimum atomic E-state index is -0.465. The first-order valence-corrected chi connectivity index (χ1v) is 7.84. The fraction of sp³-hybridized carbons (Fsp3) is 0.562. The molecule has 2 amide bonds. The molecule has 23 heavy (non-hydrogen) atoms. The van der Waals surface area contributed by atoms with Crippen LogP contribution in [0.3, 0.4) is 0 Å². The van der Waals surface area contributed by atoms with Crippen LogP contribution >= 0.6 is 0 Å². The predicted octanol–water partition coefficient (Wildman–Crippen LogP) is 2.92. The molecule has 0 aliphatic heterocycles. The summed E-state index contributed by atoms with van der Waals surface area (Å²) in [5, 5.41) is 23.7. The van der Waals surface area contributed by atoms with E-state index in [1.165, 1.54) is 11.0 Å². The van der Waals surface area contributed by atoms with Crippen molar-refractivity contribution >= 4 is 17.4 Å². The number of nitrogens with zero attached hydrogens (tertiary/aromatic N) is 2. The summed E-state index contributed by atoms with van der Waals surface area (Å²) in [5.74, 6) is 0.0886. The summed E-state index contributed by atoms with van der Waals surface area (Å²) >= 11 is 0. The molecule has 1 aliphatic rings. The Morgan fingerprint density at radius 2 is 2.13 bits per heavy atom. The van der Waals surface area contributed by atoms with Gasteiger partial charge in [-0.05, 0) is 25.8 Å². The van der Waals surface area contributed by atoms with Crippen molar-refractivity contribution in [1.29, 1.82) is 0 Å². The fourth-order valence-corrected chi connectivity index (χ4v) is 3.00. The Hall–Kier alpha value is -2.15. The van der Waals surface area contributed by atoms with Crippen LogP contribution in [0.15, 0.2) is 18.2 Å². The Morgan fingerprint density at radius 1 is 1.43 bits per heavy atom. The van der Waals surface area contributed by atoms with Crippen molar-refractivity contribution in [2.24, 2.45) is 5.92 Å². The van der Waals surface area contributed by atoms with Crippen molar-refractivity contribution in [2.45, 2.75) is 38.7 Å². The molecule has 0 radical (unpaired) electrons. The van der Waals surface area contributed by atoms with Gasteiger partial charge in [0.2, 0.25) is 0 Å². The van der Waals surface area contributed by atoms with Gasteiger partial charge < -0.3 is 15.3 Å². The number of anilines is 1. The molecular formula is C16H23N3O4. The molecule has 0 saturated heterocycles. The number of amides is 2. The van der Waals surface area contributed by atoms with E-state index < -0.39 is 4.92 Å². The molecule has 1 aliphatic carbocycles. The van der Waals surface area contributed by atoms with E-state index >= 15 is 0 Å². The van der Waals surface area contributed by atoms with Crippen LogP contribution in [0.4, 0.5) is 16.2 Å². The number of aliphatic hydroxyl groups excluding tert-OH is 1. The lowest BCUT2D eigenvalue weighted by atomic mass is 9.86. The zero-order valence-electron chi connectivity index (χ0n) is 13.5. The first-order chi connectivity index (χ1) is 10.9. The summed E-state index contributed by atoms with van der Waals surface area (Å²) in [6, 6.07) is 4.27. The average Bonchev–Trinajstić information content (AvgIpc) is 2.51. The monoisotopic (exact) mass is 321 g/mol. The average molecular weight is 321 g/mol. The second-order valence-corrected chi connectivity index (χ2v) is 6.13. The number of nitrogens with one attached hydrogen (secondary N) is 1. The van der Waals surface area contributed by atoms with Gasteiger partial charge in [-0.2, -0.15) is 0 Å². The highest BCUT2D eigenvalue weighted by atomic mass is 16.6. The van der Waals surface area contributed by atoms with Crippen molar-refractivity contribution in [3.05, 3.63) is 33.9 Å². The molecule has 7 heteroatoms. The van der Waals surface area contributed by atoms with E-state index in [0.29, 0.717) is 17.8 Å². The van der Waals surface area contributed by atoms with Gasteiger partial charge in [-0.1, -0.05) is 18.9 Å². The largest absolute Gasteiger partial charge is 0.393 e. The van der Waals surface area contributed by atoms with Gasteiger partial charge >= 0.3 is 6.03 Å². The second kappa shape index (κ2) is 7.41. The molecule has 0 bridgehead atoms. The maximum absolute atomic E-state index is 12.3. The van der Waals surface area contributed by atoms with Gasteiger partial charge in [0.1, 0.15) is 0 Å². The Kier molecular flexibility index (Phi) is 5.54. The van der Waals surface area contributed by atoms with E-state index in [1.807, 2.05) is 0 Å². The van der Waals surface area contributed by atoms with Crippen molar-refractivity contribution in [3.8, 4) is 0 Å². The molecule has 2 unspecified atom stereocenters. The molecule has 0 spiro atoms. The standard InChI is InChI=1S/C16H23N3O4/c1-11-13(7-5-8-14(11)19(22)23)17-16(21)18(2)10-12-6-3-4-9-15(12)20/h5,7-8,12,15,20H,3-4,6,9-10H2,1-2H3,(H,17,21). The number of carbonyl (C=O) groups excluding carboxylic acids is 1. The summed E-state index contributed by atoms with van der Waals surface area (Å²) in [7, 11) is 1.67. The van der Waals surface area contributed by atoms with Crippen molar-refractivity contribution < 1.29 is 14.8 Å². The van der Waals surface area contributed by atoms with Crippen LogP contribution < -0.4 is 5.32 Å². The Labute approximate surface area is 135 Å². The lowest BCUT2D eigenvalue weighted by Crippen LogP contribution is -2.40. The first kappa shape index (κ1) is 17.2. The van der Waals surface area contributed by atoms with Gasteiger partial charge in [-0.15, -0.1) is 0 Å². The number of nitro groups is 1. The van der Waals surface area contributed by atoms with Gasteiger partial charge in [0, 0.05) is 25.6 Å². The zero-order chi connectivity index (χ0) is 17.0. The van der Waals surface area contributed by atoms with E-state index in [0.717, 1.165) is 25.7 Å². The van der Waals surface area contributed by atoms with Gasteiger partial charge in [0.15, 0.2) is 0 Å². The highest BCUT2D eigenvalue weighted by Gasteiger charge is 2.26. The highest BCUT2D eigenvalue weighted by Crippen LogP contribution is 2.27. The summed E-state index contributed by atoms with van der Waals surface area (Å²) in [6.45, 7) is 2.08. The number of nitro benzene ring substituents is 1. The lowest BCUT2D eigenvalue weighted by Gasteiger charge is -2.31. The Morgan fingerprint density at radius 3 is 2.78 bits per heavy atom. The normalized spacial score (nSPS) is 20.8. The van der Waals surface area contributed by atoms with E-state index in [4.69, 9.17) is 0 Å². The number of hydrogen-bond donors (Lipinski definition) is 2. The number of carbonyl (C=O) groups is 1. The summed E-state index contributed by atoms with van der Waals surface area (Å²) in [5.41, 5.74) is 0.838. The predicted molar refractivity (Wildman–Crippen MR) is 87.4 cm³/mol. The van der Waals surface area contributed by atoms with Gasteiger partial charge in [0.05, 0.1) is 22.3 Å². The Bertz CT molecular complexity index is 591. The maximum Gasteiger partial charge on any atom is 0.321 e. The molecule has 2 atom stereocenters. The van der Waals surface area contributed by atoms with Crippen LogP contribution in [0.5, 0.6) is 0 Å². The zero-order valence-corrected chi connectivity index (χ0v) is 13.5. The van der Waals surface area contributed by atoms with Crippen molar-refractivity contribution in [3.63, 3.8) is 0 Å². The number of benzene rings is 1. The van der Waals surface area contributed by atoms with E-state index in [9.17, 15) is 20.0 Å². The number of hydrogen-bond acceptors (Lipinski definition) is 4. The third-order valence-electron chi connectivity index (χ3n) is 4.47. The molecule has 1 aromatic carbocycles. The third kappa shape index (κ3) is 4.19. The molecule has 0 heterocycles. The van der Waals surface area contributed by atoms with Crippen LogP contribution in [-0.4, -0.2) is 40.7 Å². The Balaban J connectivity index is 2.01. The number of aliphatic hydroxyl groups is 1. The third-order valence-corrected chi connectivity index (χ3v) is 4.47. The fourth-order valence-electron chi connectivity index (χ4n) is 3.00. The highest BCUT2D eigenvalue weighted by molar-refractivity contribution is 5.90. The second-order valence-electron chi connectivity index (χ2n) is 6.13. The number of urea groups is 1. The SMILES string of the molecule is Cc1c(NC(=O)N(C)CC2CCCCC2O)cccc1[N+](=O)[O-]. The van der Waals surface area contributed by atoms with Gasteiger partial charge in [0.25, 0.3) is 5.69 Å². The molecule has 1 saturated carbocycles. The topological polar surface area (TPSA) is 95.7 Å². The van der Waals surface area contributed by atoms with E-state index in [-0.39, 0.29) is 23.7 Å². The molecule has 2 rings (SSSR count). The van der Waals surface area contributed by atoms with Crippen molar-refractivity contribution in [2.75, 3.05) is 18.9 Å². The van der Waals surface area contributed by atoms with Crippen LogP contribution in [0, 0.1) is 23.0 Å². The smallest absolute Gasteiger partial charge is 0.321 e. The van der Waals surface area contributed by atoms with Crippen LogP contribution in [-0.2, 0) is 0 Å². The van der Waals surface area contributed by atoms with Crippen LogP contribution in [0.1, 0.15) is 31.2 Å². The molecule has 0 aromatic heterocycles. The molecule has 1 aromatic rings. The van der Waals surface area contributed by atoms with Crippen LogP contribution in [0.25, 0.3) is 0 Å². The minimum Gasteiger partial charge on any atom is -0.393 e. The number of rotatable bonds is 4. The first-order valence-electron chi connectivity index (χ1n) is 7.84. The molecule has 2 N–H and O–H groups in total. The quantitative estimate of drug-likeness (QED) is 0.658. The molecule has 126 valence electrons. The molecular weight excluding hydrogens is 298 g/mol. The summed E-state index contributed by atoms with van der Waals surface area (Å²) in [4.78, 5) is 24.3. The van der Waals surface area contributed by atoms with Gasteiger partial charge in [-0.3, -0.25) is 10.1 Å². The minimum absolute atomic E-state index is 0.0202. The van der Waals surface area contributed by atoms with Gasteiger partial charge in [-0.25, -0.2) is 4.79 Å². The van der Waals surface area contributed by atoms with E-state index in [2.05, 4.69) is 5.32 Å². The van der Waals surface area contributed by atoms with E-state index in [1.54, 1.807) is 26.1 Å². The van der Waals surface area contributed by atoms with Crippen LogP contribution in [0.2, 0.25) is 0 Å². The summed E-state index contributed by atoms with van der Waals surface area (Å²) in [6.07, 6.45) is 3.43. The van der Waals surface area contributed by atoms with Crippen molar-refractivity contribution in [1.82, 2.24) is 4.90 Å². The maximum atomic E-state index is 12.3. The molecule has 1 fully saturated rings.